The Balaban J connectivity index is 1.68. The van der Waals surface area contributed by atoms with E-state index in [2.05, 4.69) is 14.9 Å². The van der Waals surface area contributed by atoms with Crippen LogP contribution in [0.4, 0.5) is 15.8 Å². The monoisotopic (exact) mass is 433 g/mol. The molecule has 1 unspecified atom stereocenters. The molecular weight excluding hydrogens is 405 g/mol. The standard InChI is InChI=1S/C22H28FN3O3S/c1-3-30(28,29)25-20-12-11-19(14-16(20)2)24-22(27)21-6-4-5-13-26(21)15-17-7-9-18(23)10-8-17/h7-12,14,21,25H,3-6,13,15H2,1-2H3,(H,24,27). The molecule has 6 nitrogen and oxygen atoms in total. The van der Waals surface area contributed by atoms with Crippen molar-refractivity contribution < 1.29 is 17.6 Å². The van der Waals surface area contributed by atoms with Crippen molar-refractivity contribution in [2.75, 3.05) is 22.3 Å². The number of carbonyl (C=O) groups excluding carboxylic acids is 1. The summed E-state index contributed by atoms with van der Waals surface area (Å²) >= 11 is 0. The van der Waals surface area contributed by atoms with Crippen molar-refractivity contribution in [1.29, 1.82) is 0 Å². The summed E-state index contributed by atoms with van der Waals surface area (Å²) < 4.78 is 39.3. The van der Waals surface area contributed by atoms with Gasteiger partial charge in [-0.1, -0.05) is 18.6 Å². The Bertz CT molecular complexity index is 993. The molecule has 3 rings (SSSR count). The highest BCUT2D eigenvalue weighted by atomic mass is 32.2. The van der Waals surface area contributed by atoms with Gasteiger partial charge in [-0.25, -0.2) is 12.8 Å². The normalized spacial score (nSPS) is 17.5. The van der Waals surface area contributed by atoms with Crippen molar-refractivity contribution in [3.8, 4) is 0 Å². The Morgan fingerprint density at radius 3 is 2.57 bits per heavy atom. The number of likely N-dealkylation sites (tertiary alicyclic amines) is 1. The molecule has 162 valence electrons. The molecule has 30 heavy (non-hydrogen) atoms. The van der Waals surface area contributed by atoms with E-state index in [1.165, 1.54) is 12.1 Å². The molecule has 1 aliphatic heterocycles. The number of nitrogens with one attached hydrogen (secondary N) is 2. The van der Waals surface area contributed by atoms with Gasteiger partial charge in [-0.3, -0.25) is 14.4 Å². The molecule has 1 atom stereocenters. The van der Waals surface area contributed by atoms with Crippen LogP contribution in [0.1, 0.15) is 37.3 Å². The maximum atomic E-state index is 13.2. The minimum Gasteiger partial charge on any atom is -0.325 e. The van der Waals surface area contributed by atoms with E-state index in [1.807, 2.05) is 0 Å². The molecule has 0 aromatic heterocycles. The van der Waals surface area contributed by atoms with Crippen molar-refractivity contribution in [1.82, 2.24) is 4.90 Å². The van der Waals surface area contributed by atoms with Crippen molar-refractivity contribution in [2.24, 2.45) is 0 Å². The van der Waals surface area contributed by atoms with Crippen LogP contribution in [0.25, 0.3) is 0 Å². The molecule has 0 saturated carbocycles. The Kier molecular flexibility index (Phi) is 7.10. The molecule has 0 bridgehead atoms. The highest BCUT2D eigenvalue weighted by Gasteiger charge is 2.28. The van der Waals surface area contributed by atoms with Crippen LogP contribution >= 0.6 is 0 Å². The topological polar surface area (TPSA) is 78.5 Å². The summed E-state index contributed by atoms with van der Waals surface area (Å²) in [7, 11) is -3.36. The molecule has 2 aromatic rings. The van der Waals surface area contributed by atoms with Crippen LogP contribution in [-0.2, 0) is 21.4 Å². The fourth-order valence-corrected chi connectivity index (χ4v) is 4.33. The van der Waals surface area contributed by atoms with Gasteiger partial charge in [0.25, 0.3) is 0 Å². The number of carbonyl (C=O) groups is 1. The van der Waals surface area contributed by atoms with Crippen LogP contribution in [0.3, 0.4) is 0 Å². The van der Waals surface area contributed by atoms with E-state index in [-0.39, 0.29) is 23.5 Å². The number of benzene rings is 2. The number of hydrogen-bond donors (Lipinski definition) is 2. The first-order chi connectivity index (χ1) is 14.3. The molecule has 2 aromatic carbocycles. The summed E-state index contributed by atoms with van der Waals surface area (Å²) in [6.45, 7) is 4.78. The average Bonchev–Trinajstić information content (AvgIpc) is 2.72. The van der Waals surface area contributed by atoms with Crippen LogP contribution in [-0.4, -0.2) is 37.6 Å². The van der Waals surface area contributed by atoms with Gasteiger partial charge in [0.1, 0.15) is 5.82 Å². The molecule has 1 fully saturated rings. The second-order valence-corrected chi connectivity index (χ2v) is 9.64. The Labute approximate surface area is 177 Å². The molecule has 1 amide bonds. The predicted molar refractivity (Wildman–Crippen MR) is 117 cm³/mol. The summed E-state index contributed by atoms with van der Waals surface area (Å²) in [6, 6.07) is 11.2. The number of halogens is 1. The average molecular weight is 434 g/mol. The number of rotatable bonds is 7. The van der Waals surface area contributed by atoms with Crippen molar-refractivity contribution in [3.05, 3.63) is 59.4 Å². The lowest BCUT2D eigenvalue weighted by Crippen LogP contribution is -2.46. The second-order valence-electron chi connectivity index (χ2n) is 7.63. The van der Waals surface area contributed by atoms with Gasteiger partial charge >= 0.3 is 0 Å². The van der Waals surface area contributed by atoms with E-state index in [0.29, 0.717) is 17.9 Å². The second kappa shape index (κ2) is 9.57. The lowest BCUT2D eigenvalue weighted by atomic mass is 10.00. The molecule has 8 heteroatoms. The minimum absolute atomic E-state index is 0.00347. The number of anilines is 2. The van der Waals surface area contributed by atoms with Gasteiger partial charge in [0.05, 0.1) is 17.5 Å². The third kappa shape index (κ3) is 5.79. The number of aryl methyl sites for hydroxylation is 1. The molecule has 2 N–H and O–H groups in total. The van der Waals surface area contributed by atoms with E-state index < -0.39 is 10.0 Å². The van der Waals surface area contributed by atoms with Crippen molar-refractivity contribution in [2.45, 2.75) is 45.7 Å². The molecule has 1 saturated heterocycles. The SMILES string of the molecule is CCS(=O)(=O)Nc1ccc(NC(=O)C2CCCCN2Cc2ccc(F)cc2)cc1C. The lowest BCUT2D eigenvalue weighted by molar-refractivity contribution is -0.122. The number of piperidine rings is 1. The summed E-state index contributed by atoms with van der Waals surface area (Å²) in [4.78, 5) is 15.1. The van der Waals surface area contributed by atoms with Gasteiger partial charge in [-0.2, -0.15) is 0 Å². The summed E-state index contributed by atoms with van der Waals surface area (Å²) in [5.74, 6) is -0.360. The molecule has 0 aliphatic carbocycles. The third-order valence-corrected chi connectivity index (χ3v) is 6.65. The van der Waals surface area contributed by atoms with Gasteiger partial charge in [0, 0.05) is 12.2 Å². The number of hydrogen-bond acceptors (Lipinski definition) is 4. The van der Waals surface area contributed by atoms with E-state index in [0.717, 1.165) is 36.9 Å². The zero-order chi connectivity index (χ0) is 21.7. The van der Waals surface area contributed by atoms with Crippen LogP contribution < -0.4 is 10.0 Å². The Morgan fingerprint density at radius 2 is 1.90 bits per heavy atom. The fourth-order valence-electron chi connectivity index (χ4n) is 3.62. The van der Waals surface area contributed by atoms with E-state index >= 15 is 0 Å². The Morgan fingerprint density at radius 1 is 1.17 bits per heavy atom. The zero-order valence-corrected chi connectivity index (χ0v) is 18.1. The number of amides is 1. The first-order valence-corrected chi connectivity index (χ1v) is 11.8. The molecular formula is C22H28FN3O3S. The first kappa shape index (κ1) is 22.2. The highest BCUT2D eigenvalue weighted by molar-refractivity contribution is 7.92. The first-order valence-electron chi connectivity index (χ1n) is 10.2. The number of sulfonamides is 1. The van der Waals surface area contributed by atoms with Crippen LogP contribution in [0, 0.1) is 12.7 Å². The smallest absolute Gasteiger partial charge is 0.241 e. The van der Waals surface area contributed by atoms with E-state index in [9.17, 15) is 17.6 Å². The van der Waals surface area contributed by atoms with Crippen LogP contribution in [0.15, 0.2) is 42.5 Å². The molecule has 0 spiro atoms. The quantitative estimate of drug-likeness (QED) is 0.694. The largest absolute Gasteiger partial charge is 0.325 e. The van der Waals surface area contributed by atoms with Gasteiger partial charge in [0.2, 0.25) is 15.9 Å². The van der Waals surface area contributed by atoms with Crippen molar-refractivity contribution >= 4 is 27.3 Å². The van der Waals surface area contributed by atoms with Gasteiger partial charge < -0.3 is 5.32 Å². The summed E-state index contributed by atoms with van der Waals surface area (Å²) in [5.41, 5.74) is 2.84. The van der Waals surface area contributed by atoms with Crippen LogP contribution in [0.2, 0.25) is 0 Å². The molecule has 1 heterocycles. The molecule has 1 aliphatic rings. The van der Waals surface area contributed by atoms with Gasteiger partial charge in [0.15, 0.2) is 0 Å². The van der Waals surface area contributed by atoms with Gasteiger partial charge in [-0.15, -0.1) is 0 Å². The van der Waals surface area contributed by atoms with E-state index in [1.54, 1.807) is 44.2 Å². The van der Waals surface area contributed by atoms with Gasteiger partial charge in [-0.05, 0) is 74.7 Å². The Hall–Kier alpha value is -2.45. The zero-order valence-electron chi connectivity index (χ0n) is 17.3. The van der Waals surface area contributed by atoms with Crippen LogP contribution in [0.5, 0.6) is 0 Å². The predicted octanol–water partition coefficient (Wildman–Crippen LogP) is 3.89. The maximum Gasteiger partial charge on any atom is 0.241 e. The number of nitrogens with zero attached hydrogens (tertiary/aromatic N) is 1. The summed E-state index contributed by atoms with van der Waals surface area (Å²) in [6.07, 6.45) is 2.77. The molecule has 0 radical (unpaired) electrons. The lowest BCUT2D eigenvalue weighted by Gasteiger charge is -2.34. The maximum absolute atomic E-state index is 13.2. The fraction of sp³-hybridized carbons (Fsp3) is 0.409. The van der Waals surface area contributed by atoms with Crippen molar-refractivity contribution in [3.63, 3.8) is 0 Å². The highest BCUT2D eigenvalue weighted by Crippen LogP contribution is 2.24. The third-order valence-electron chi connectivity index (χ3n) is 5.35. The summed E-state index contributed by atoms with van der Waals surface area (Å²) in [5, 5.41) is 2.96. The minimum atomic E-state index is -3.36. The van der Waals surface area contributed by atoms with E-state index in [4.69, 9.17) is 0 Å².